The zero-order chi connectivity index (χ0) is 31.6. The number of hydrogen-bond donors (Lipinski definition) is 0. The second-order valence-corrected chi connectivity index (χ2v) is 12.5. The van der Waals surface area contributed by atoms with E-state index in [9.17, 15) is 0 Å². The summed E-state index contributed by atoms with van der Waals surface area (Å²) >= 11 is 0. The van der Waals surface area contributed by atoms with Crippen LogP contribution in [0.15, 0.2) is 150 Å². The lowest BCUT2D eigenvalue weighted by atomic mass is 10.0. The molecule has 5 nitrogen and oxygen atoms in total. The molecule has 0 spiro atoms. The number of rotatable bonds is 6. The van der Waals surface area contributed by atoms with Crippen molar-refractivity contribution in [1.29, 1.82) is 0 Å². The molecule has 0 aliphatic rings. The zero-order valence-corrected chi connectivity index (χ0v) is 26.2. The Balaban J connectivity index is 1.03. The van der Waals surface area contributed by atoms with E-state index in [0.29, 0.717) is 0 Å². The third kappa shape index (κ3) is 4.11. The molecule has 10 aromatic rings. The van der Waals surface area contributed by atoms with Crippen LogP contribution in [0.5, 0.6) is 0 Å². The first-order chi connectivity index (χ1) is 23.8. The fraction of sp³-hybridized carbons (Fsp3) is 0.0698. The van der Waals surface area contributed by atoms with Gasteiger partial charge in [-0.1, -0.05) is 60.7 Å². The maximum absolute atomic E-state index is 6.18. The number of nitrogens with zero attached hydrogens (tertiary/aromatic N) is 4. The van der Waals surface area contributed by atoms with Gasteiger partial charge in [-0.25, -0.2) is 0 Å². The third-order valence-electron chi connectivity index (χ3n) is 9.77. The summed E-state index contributed by atoms with van der Waals surface area (Å²) in [4.78, 5) is 9.07. The Morgan fingerprint density at radius 2 is 1.15 bits per heavy atom. The van der Waals surface area contributed by atoms with Crippen molar-refractivity contribution < 1.29 is 4.42 Å². The van der Waals surface area contributed by atoms with Gasteiger partial charge in [-0.15, -0.1) is 0 Å². The minimum atomic E-state index is 0.787. The Morgan fingerprint density at radius 1 is 0.479 bits per heavy atom. The number of benzene rings is 5. The SMILES string of the molecule is c1ccc(-n2c3ccccc3c3cc(-n4c5ccccc5c5cc(CCCc6ccnc7c6oc6cccnc67)ccc54)ccc32)cc1. The van der Waals surface area contributed by atoms with E-state index in [1.165, 1.54) is 66.1 Å². The van der Waals surface area contributed by atoms with Crippen LogP contribution < -0.4 is 0 Å². The predicted molar refractivity (Wildman–Crippen MR) is 196 cm³/mol. The minimum Gasteiger partial charge on any atom is -0.452 e. The van der Waals surface area contributed by atoms with Gasteiger partial charge in [0, 0.05) is 45.3 Å². The lowest BCUT2D eigenvalue weighted by Gasteiger charge is -2.10. The molecule has 228 valence electrons. The van der Waals surface area contributed by atoms with Gasteiger partial charge in [0.25, 0.3) is 0 Å². The summed E-state index contributed by atoms with van der Waals surface area (Å²) in [6.07, 6.45) is 6.56. The Morgan fingerprint density at radius 3 is 1.96 bits per heavy atom. The van der Waals surface area contributed by atoms with Crippen LogP contribution in [-0.2, 0) is 12.8 Å². The van der Waals surface area contributed by atoms with Crippen molar-refractivity contribution in [2.24, 2.45) is 0 Å². The van der Waals surface area contributed by atoms with Crippen molar-refractivity contribution in [2.75, 3.05) is 0 Å². The number of aryl methyl sites for hydroxylation is 2. The fourth-order valence-corrected chi connectivity index (χ4v) is 7.62. The molecule has 48 heavy (non-hydrogen) atoms. The van der Waals surface area contributed by atoms with Crippen molar-refractivity contribution in [3.05, 3.63) is 157 Å². The van der Waals surface area contributed by atoms with Crippen LogP contribution in [-0.4, -0.2) is 19.1 Å². The lowest BCUT2D eigenvalue weighted by molar-refractivity contribution is 0.657. The van der Waals surface area contributed by atoms with E-state index in [0.717, 1.165) is 41.5 Å². The number of pyridine rings is 2. The summed E-state index contributed by atoms with van der Waals surface area (Å²) in [6, 6.07) is 48.0. The number of hydrogen-bond acceptors (Lipinski definition) is 3. The van der Waals surface area contributed by atoms with Gasteiger partial charge in [-0.3, -0.25) is 9.97 Å². The molecule has 0 unspecified atom stereocenters. The summed E-state index contributed by atoms with van der Waals surface area (Å²) in [5, 5.41) is 5.06. The van der Waals surface area contributed by atoms with Crippen molar-refractivity contribution in [3.63, 3.8) is 0 Å². The largest absolute Gasteiger partial charge is 0.452 e. The highest BCUT2D eigenvalue weighted by molar-refractivity contribution is 6.12. The van der Waals surface area contributed by atoms with Gasteiger partial charge in [-0.2, -0.15) is 0 Å². The Kier molecular flexibility index (Phi) is 6.00. The Labute approximate surface area is 276 Å². The van der Waals surface area contributed by atoms with Gasteiger partial charge >= 0.3 is 0 Å². The van der Waals surface area contributed by atoms with Crippen molar-refractivity contribution >= 4 is 65.8 Å². The Bertz CT molecular complexity index is 2820. The van der Waals surface area contributed by atoms with Crippen LogP contribution in [0.25, 0.3) is 77.2 Å². The van der Waals surface area contributed by atoms with E-state index >= 15 is 0 Å². The van der Waals surface area contributed by atoms with Crippen LogP contribution >= 0.6 is 0 Å². The van der Waals surface area contributed by atoms with Crippen LogP contribution in [0.2, 0.25) is 0 Å². The quantitative estimate of drug-likeness (QED) is 0.186. The molecule has 0 saturated heterocycles. The first kappa shape index (κ1) is 27.0. The second-order valence-electron chi connectivity index (χ2n) is 12.5. The molecule has 0 amide bonds. The third-order valence-corrected chi connectivity index (χ3v) is 9.77. The minimum absolute atomic E-state index is 0.787. The Hall–Kier alpha value is -6.20. The maximum atomic E-state index is 6.18. The fourth-order valence-electron chi connectivity index (χ4n) is 7.62. The number of fused-ring (bicyclic) bond motifs is 9. The van der Waals surface area contributed by atoms with E-state index < -0.39 is 0 Å². The molecule has 0 N–H and O–H groups in total. The van der Waals surface area contributed by atoms with Crippen molar-refractivity contribution in [3.8, 4) is 11.4 Å². The molecule has 5 heterocycles. The molecule has 0 atom stereocenters. The molecule has 10 rings (SSSR count). The first-order valence-electron chi connectivity index (χ1n) is 16.5. The molecule has 5 aromatic heterocycles. The van der Waals surface area contributed by atoms with Crippen LogP contribution in [0.1, 0.15) is 17.5 Å². The molecular weight excluding hydrogens is 589 g/mol. The van der Waals surface area contributed by atoms with Gasteiger partial charge in [0.1, 0.15) is 11.0 Å². The van der Waals surface area contributed by atoms with Crippen LogP contribution in [0.4, 0.5) is 0 Å². The lowest BCUT2D eigenvalue weighted by Crippen LogP contribution is -1.96. The monoisotopic (exact) mass is 618 g/mol. The molecule has 0 aliphatic carbocycles. The van der Waals surface area contributed by atoms with Gasteiger partial charge in [-0.05, 0) is 103 Å². The van der Waals surface area contributed by atoms with Gasteiger partial charge in [0.05, 0.1) is 22.1 Å². The van der Waals surface area contributed by atoms with Crippen LogP contribution in [0, 0.1) is 0 Å². The summed E-state index contributed by atoms with van der Waals surface area (Å²) in [5.74, 6) is 0. The normalized spacial score (nSPS) is 12.0. The molecule has 0 fully saturated rings. The molecule has 5 heteroatoms. The summed E-state index contributed by atoms with van der Waals surface area (Å²) in [7, 11) is 0. The molecule has 0 bridgehead atoms. The smallest absolute Gasteiger partial charge is 0.158 e. The molecule has 0 radical (unpaired) electrons. The highest BCUT2D eigenvalue weighted by atomic mass is 16.3. The summed E-state index contributed by atoms with van der Waals surface area (Å²) < 4.78 is 11.0. The number of para-hydroxylation sites is 3. The average molecular weight is 619 g/mol. The van der Waals surface area contributed by atoms with E-state index in [1.54, 1.807) is 6.20 Å². The molecular formula is C43H30N4O. The second kappa shape index (κ2) is 10.7. The van der Waals surface area contributed by atoms with E-state index in [1.807, 2.05) is 18.3 Å². The zero-order valence-electron chi connectivity index (χ0n) is 26.2. The summed E-state index contributed by atoms with van der Waals surface area (Å²) in [6.45, 7) is 0. The van der Waals surface area contributed by atoms with Gasteiger partial charge in [0.15, 0.2) is 11.2 Å². The van der Waals surface area contributed by atoms with Gasteiger partial charge < -0.3 is 13.6 Å². The van der Waals surface area contributed by atoms with Crippen molar-refractivity contribution in [2.45, 2.75) is 19.3 Å². The maximum Gasteiger partial charge on any atom is 0.158 e. The topological polar surface area (TPSA) is 48.8 Å². The average Bonchev–Trinajstić information content (AvgIpc) is 3.80. The van der Waals surface area contributed by atoms with Crippen LogP contribution in [0.3, 0.4) is 0 Å². The predicted octanol–water partition coefficient (Wildman–Crippen LogP) is 10.7. The van der Waals surface area contributed by atoms with E-state index in [-0.39, 0.29) is 0 Å². The van der Waals surface area contributed by atoms with Gasteiger partial charge in [0.2, 0.25) is 0 Å². The molecule has 0 saturated carbocycles. The number of furan rings is 1. The number of aromatic nitrogens is 4. The van der Waals surface area contributed by atoms with E-state index in [4.69, 9.17) is 4.42 Å². The molecule has 0 aliphatic heterocycles. The highest BCUT2D eigenvalue weighted by Crippen LogP contribution is 2.37. The highest BCUT2D eigenvalue weighted by Gasteiger charge is 2.17. The summed E-state index contributed by atoms with van der Waals surface area (Å²) in [5.41, 5.74) is 13.0. The molecule has 5 aromatic carbocycles. The standard InChI is InChI=1S/C43H30N4O/c1-2-12-30(13-3-1)46-36-16-6-5-15-33(36)35-27-31(20-22-39(35)46)47-37-17-7-4-14-32(37)34-26-28(19-21-38(34)47)10-8-11-29-23-25-45-42-41-40(48-43(29)42)18-9-24-44-41/h1-7,9,12-27H,8,10-11H2. The first-order valence-corrected chi connectivity index (χ1v) is 16.5. The van der Waals surface area contributed by atoms with Crippen molar-refractivity contribution in [1.82, 2.24) is 19.1 Å². The van der Waals surface area contributed by atoms with E-state index in [2.05, 4.69) is 140 Å².